The second-order valence-electron chi connectivity index (χ2n) is 8.28. The molecule has 4 rings (SSSR count). The number of carbonyl (C=O) groups is 2. The standard InChI is InChI=1S/C25H27ClN4O2/c1-17(21-10-4-7-18-6-2-3-9-22(18)21)28-24(31)16-30-13-5-8-19(15-30)25(32)29-23-12-11-20(26)14-27-23/h2-4,6-7,9-12,14,17,19H,5,8,13,15-16H2,1H3,(H,28,31)(H,27,29,32). The van der Waals surface area contributed by atoms with E-state index >= 15 is 0 Å². The third-order valence-electron chi connectivity index (χ3n) is 5.89. The van der Waals surface area contributed by atoms with Gasteiger partial charge in [-0.1, -0.05) is 54.1 Å². The van der Waals surface area contributed by atoms with Crippen LogP contribution in [0.25, 0.3) is 10.8 Å². The van der Waals surface area contributed by atoms with Crippen molar-refractivity contribution in [1.29, 1.82) is 0 Å². The zero-order valence-corrected chi connectivity index (χ0v) is 18.8. The maximum Gasteiger partial charge on any atom is 0.234 e. The van der Waals surface area contributed by atoms with Crippen molar-refractivity contribution in [2.45, 2.75) is 25.8 Å². The molecule has 2 aromatic carbocycles. The van der Waals surface area contributed by atoms with Gasteiger partial charge in [0.15, 0.2) is 0 Å². The van der Waals surface area contributed by atoms with Crippen LogP contribution in [0.3, 0.4) is 0 Å². The van der Waals surface area contributed by atoms with Crippen molar-refractivity contribution < 1.29 is 9.59 Å². The molecule has 32 heavy (non-hydrogen) atoms. The molecule has 1 aliphatic heterocycles. The Morgan fingerprint density at radius 3 is 2.78 bits per heavy atom. The Morgan fingerprint density at radius 1 is 1.16 bits per heavy atom. The number of carbonyl (C=O) groups excluding carboxylic acids is 2. The first kappa shape index (κ1) is 22.2. The zero-order valence-electron chi connectivity index (χ0n) is 18.1. The summed E-state index contributed by atoms with van der Waals surface area (Å²) < 4.78 is 0. The quantitative estimate of drug-likeness (QED) is 0.583. The van der Waals surface area contributed by atoms with E-state index in [1.165, 1.54) is 6.20 Å². The van der Waals surface area contributed by atoms with Gasteiger partial charge in [-0.3, -0.25) is 14.5 Å². The zero-order chi connectivity index (χ0) is 22.5. The molecule has 2 unspecified atom stereocenters. The first-order valence-electron chi connectivity index (χ1n) is 10.9. The Bertz CT molecular complexity index is 1100. The number of benzene rings is 2. The summed E-state index contributed by atoms with van der Waals surface area (Å²) in [6.07, 6.45) is 3.17. The van der Waals surface area contributed by atoms with Crippen molar-refractivity contribution >= 4 is 40.0 Å². The Labute approximate surface area is 193 Å². The first-order chi connectivity index (χ1) is 15.5. The second kappa shape index (κ2) is 10.1. The number of amides is 2. The van der Waals surface area contributed by atoms with Crippen LogP contribution in [-0.2, 0) is 9.59 Å². The SMILES string of the molecule is CC(NC(=O)CN1CCCC(C(=O)Nc2ccc(Cl)cn2)C1)c1cccc2ccccc12. The molecule has 3 aromatic rings. The van der Waals surface area contributed by atoms with Crippen LogP contribution in [0.5, 0.6) is 0 Å². The molecule has 166 valence electrons. The average Bonchev–Trinajstić information content (AvgIpc) is 2.80. The van der Waals surface area contributed by atoms with Crippen LogP contribution < -0.4 is 10.6 Å². The highest BCUT2D eigenvalue weighted by Crippen LogP contribution is 2.24. The molecule has 0 saturated carbocycles. The summed E-state index contributed by atoms with van der Waals surface area (Å²) in [7, 11) is 0. The lowest BCUT2D eigenvalue weighted by Gasteiger charge is -2.31. The molecule has 2 N–H and O–H groups in total. The summed E-state index contributed by atoms with van der Waals surface area (Å²) in [5.41, 5.74) is 1.10. The number of aromatic nitrogens is 1. The fourth-order valence-electron chi connectivity index (χ4n) is 4.29. The molecule has 7 heteroatoms. The minimum atomic E-state index is -0.176. The minimum Gasteiger partial charge on any atom is -0.348 e. The van der Waals surface area contributed by atoms with Gasteiger partial charge in [0.2, 0.25) is 11.8 Å². The van der Waals surface area contributed by atoms with Crippen LogP contribution in [0, 0.1) is 5.92 Å². The number of pyridine rings is 1. The molecule has 0 spiro atoms. The highest BCUT2D eigenvalue weighted by Gasteiger charge is 2.27. The number of nitrogens with one attached hydrogen (secondary N) is 2. The van der Waals surface area contributed by atoms with E-state index in [2.05, 4.69) is 39.9 Å². The van der Waals surface area contributed by atoms with Gasteiger partial charge in [0.05, 0.1) is 23.5 Å². The third kappa shape index (κ3) is 5.44. The maximum atomic E-state index is 12.8. The molecular weight excluding hydrogens is 424 g/mol. The molecule has 2 amide bonds. The van der Waals surface area contributed by atoms with E-state index in [1.807, 2.05) is 30.0 Å². The lowest BCUT2D eigenvalue weighted by Crippen LogP contribution is -2.45. The molecule has 2 heterocycles. The molecule has 0 radical (unpaired) electrons. The number of halogens is 1. The number of nitrogens with zero attached hydrogens (tertiary/aromatic N) is 2. The van der Waals surface area contributed by atoms with Crippen LogP contribution in [0.15, 0.2) is 60.8 Å². The van der Waals surface area contributed by atoms with E-state index in [9.17, 15) is 9.59 Å². The van der Waals surface area contributed by atoms with Gasteiger partial charge < -0.3 is 10.6 Å². The summed E-state index contributed by atoms with van der Waals surface area (Å²) in [5, 5.41) is 8.80. The Morgan fingerprint density at radius 2 is 1.97 bits per heavy atom. The normalized spacial score (nSPS) is 17.6. The predicted molar refractivity (Wildman–Crippen MR) is 128 cm³/mol. The smallest absolute Gasteiger partial charge is 0.234 e. The molecule has 0 aliphatic carbocycles. The average molecular weight is 451 g/mol. The van der Waals surface area contributed by atoms with E-state index in [4.69, 9.17) is 11.6 Å². The molecular formula is C25H27ClN4O2. The van der Waals surface area contributed by atoms with E-state index in [-0.39, 0.29) is 30.3 Å². The molecule has 1 aliphatic rings. The molecule has 1 aromatic heterocycles. The van der Waals surface area contributed by atoms with Crippen molar-refractivity contribution in [3.05, 3.63) is 71.4 Å². The van der Waals surface area contributed by atoms with Crippen LogP contribution in [0.1, 0.15) is 31.4 Å². The van der Waals surface area contributed by atoms with Gasteiger partial charge in [-0.2, -0.15) is 0 Å². The van der Waals surface area contributed by atoms with E-state index in [1.54, 1.807) is 12.1 Å². The topological polar surface area (TPSA) is 74.3 Å². The third-order valence-corrected chi connectivity index (χ3v) is 6.11. The minimum absolute atomic E-state index is 0.0362. The van der Waals surface area contributed by atoms with Crippen molar-refractivity contribution in [2.75, 3.05) is 25.0 Å². The number of likely N-dealkylation sites (tertiary alicyclic amines) is 1. The number of anilines is 1. The summed E-state index contributed by atoms with van der Waals surface area (Å²) in [6.45, 7) is 3.64. The fraction of sp³-hybridized carbons (Fsp3) is 0.320. The first-order valence-corrected chi connectivity index (χ1v) is 11.3. The highest BCUT2D eigenvalue weighted by atomic mass is 35.5. The molecule has 1 fully saturated rings. The summed E-state index contributed by atoms with van der Waals surface area (Å²) in [4.78, 5) is 31.6. The van der Waals surface area contributed by atoms with E-state index in [0.29, 0.717) is 17.4 Å². The highest BCUT2D eigenvalue weighted by molar-refractivity contribution is 6.30. The molecule has 1 saturated heterocycles. The predicted octanol–water partition coefficient (Wildman–Crippen LogP) is 4.42. The lowest BCUT2D eigenvalue weighted by atomic mass is 9.97. The van der Waals surface area contributed by atoms with Crippen LogP contribution in [0.2, 0.25) is 5.02 Å². The van der Waals surface area contributed by atoms with Gasteiger partial charge >= 0.3 is 0 Å². The number of fused-ring (bicyclic) bond motifs is 1. The van der Waals surface area contributed by atoms with Crippen molar-refractivity contribution in [1.82, 2.24) is 15.2 Å². The number of hydrogen-bond donors (Lipinski definition) is 2. The largest absolute Gasteiger partial charge is 0.348 e. The number of piperidine rings is 1. The summed E-state index contributed by atoms with van der Waals surface area (Å²) in [5.74, 6) is 0.197. The summed E-state index contributed by atoms with van der Waals surface area (Å²) >= 11 is 5.85. The van der Waals surface area contributed by atoms with Crippen LogP contribution >= 0.6 is 11.6 Å². The van der Waals surface area contributed by atoms with Crippen molar-refractivity contribution in [3.63, 3.8) is 0 Å². The number of rotatable bonds is 6. The fourth-order valence-corrected chi connectivity index (χ4v) is 4.40. The second-order valence-corrected chi connectivity index (χ2v) is 8.72. The van der Waals surface area contributed by atoms with E-state index in [0.717, 1.165) is 35.7 Å². The van der Waals surface area contributed by atoms with Crippen molar-refractivity contribution in [2.24, 2.45) is 5.92 Å². The van der Waals surface area contributed by atoms with E-state index < -0.39 is 0 Å². The van der Waals surface area contributed by atoms with Crippen LogP contribution in [0.4, 0.5) is 5.82 Å². The lowest BCUT2D eigenvalue weighted by molar-refractivity contribution is -0.126. The van der Waals surface area contributed by atoms with Gasteiger partial charge in [0.25, 0.3) is 0 Å². The number of hydrogen-bond acceptors (Lipinski definition) is 4. The van der Waals surface area contributed by atoms with Gasteiger partial charge in [0.1, 0.15) is 5.82 Å². The monoisotopic (exact) mass is 450 g/mol. The Hall–Kier alpha value is -2.96. The van der Waals surface area contributed by atoms with Gasteiger partial charge in [-0.25, -0.2) is 4.98 Å². The van der Waals surface area contributed by atoms with Crippen molar-refractivity contribution in [3.8, 4) is 0 Å². The Balaban J connectivity index is 1.32. The van der Waals surface area contributed by atoms with Gasteiger partial charge in [-0.05, 0) is 54.8 Å². The molecule has 0 bridgehead atoms. The Kier molecular flexibility index (Phi) is 7.02. The van der Waals surface area contributed by atoms with Gasteiger partial charge in [0, 0.05) is 12.7 Å². The van der Waals surface area contributed by atoms with Gasteiger partial charge in [-0.15, -0.1) is 0 Å². The van der Waals surface area contributed by atoms with Crippen LogP contribution in [-0.4, -0.2) is 41.3 Å². The molecule has 2 atom stereocenters. The summed E-state index contributed by atoms with van der Waals surface area (Å²) in [6, 6.07) is 17.6. The molecule has 6 nitrogen and oxygen atoms in total. The maximum absolute atomic E-state index is 12.8.